The van der Waals surface area contributed by atoms with Crippen molar-refractivity contribution in [1.82, 2.24) is 10.6 Å². The number of aliphatic hydroxyl groups is 5. The lowest BCUT2D eigenvalue weighted by Gasteiger charge is -2.49. The van der Waals surface area contributed by atoms with Gasteiger partial charge in [-0.15, -0.1) is 0 Å². The summed E-state index contributed by atoms with van der Waals surface area (Å²) in [5, 5.41) is 69.1. The van der Waals surface area contributed by atoms with Crippen molar-refractivity contribution in [2.24, 2.45) is 17.8 Å². The maximum atomic E-state index is 14.0. The number of unbranched alkanes of at least 4 members (excludes halogenated alkanes) is 2. The van der Waals surface area contributed by atoms with Gasteiger partial charge in [0, 0.05) is 32.9 Å². The van der Waals surface area contributed by atoms with Gasteiger partial charge in [0.2, 0.25) is 5.91 Å². The minimum absolute atomic E-state index is 0.00660. The third-order valence-corrected chi connectivity index (χ3v) is 14.2. The lowest BCUT2D eigenvalue weighted by Crippen LogP contribution is -2.67. The van der Waals surface area contributed by atoms with E-state index in [1.165, 1.54) is 13.8 Å². The Morgan fingerprint density at radius 2 is 1.49 bits per heavy atom. The van der Waals surface area contributed by atoms with E-state index >= 15 is 0 Å². The number of amides is 2. The Morgan fingerprint density at radius 1 is 0.814 bits per heavy atom. The number of methoxy groups -OCH3 is 1. The number of aliphatic carboxylic acids is 1. The predicted octanol–water partition coefficient (Wildman–Crippen LogP) is -1.32. The second kappa shape index (κ2) is 27.6. The van der Waals surface area contributed by atoms with E-state index in [1.807, 2.05) is 6.92 Å². The van der Waals surface area contributed by atoms with Crippen LogP contribution < -0.4 is 10.6 Å². The number of aliphatic hydroxyl groups excluding tert-OH is 5. The topological polar surface area (TPSA) is 396 Å². The van der Waals surface area contributed by atoms with Gasteiger partial charge in [0.1, 0.15) is 54.6 Å². The molecule has 4 fully saturated rings. The summed E-state index contributed by atoms with van der Waals surface area (Å²) >= 11 is 0. The molecular formula is C42H72N2O24S2. The van der Waals surface area contributed by atoms with E-state index in [2.05, 4.69) is 19.0 Å². The van der Waals surface area contributed by atoms with Gasteiger partial charge in [-0.1, -0.05) is 51.9 Å². The van der Waals surface area contributed by atoms with E-state index in [1.54, 1.807) is 0 Å². The first-order valence-electron chi connectivity index (χ1n) is 23.6. The number of ketones is 1. The molecule has 6 unspecified atom stereocenters. The number of carboxylic acids is 1. The molecule has 0 spiro atoms. The molecule has 0 aromatic rings. The minimum atomic E-state index is -5.35. The number of carbonyl (C=O) groups is 4. The molecule has 0 aromatic carbocycles. The molecule has 26 nitrogen and oxygen atoms in total. The fraction of sp³-hybridized carbons (Fsp3) is 0.905. The number of carboxylic acid groups (broad SMARTS) is 1. The zero-order valence-corrected chi connectivity index (χ0v) is 41.3. The molecular weight excluding hydrogens is 981 g/mol. The minimum Gasteiger partial charge on any atom is -0.479 e. The van der Waals surface area contributed by atoms with Crippen LogP contribution in [0.5, 0.6) is 0 Å². The van der Waals surface area contributed by atoms with Gasteiger partial charge in [-0.25, -0.2) is 13.2 Å². The summed E-state index contributed by atoms with van der Waals surface area (Å²) in [6.45, 7) is 2.75. The van der Waals surface area contributed by atoms with Gasteiger partial charge in [0.15, 0.2) is 24.8 Å². The molecule has 17 atom stereocenters. The number of rotatable bonds is 27. The van der Waals surface area contributed by atoms with Gasteiger partial charge in [-0.2, -0.15) is 16.8 Å². The smallest absolute Gasteiger partial charge is 0.398 e. The number of hydrogen-bond donors (Lipinski definition) is 10. The van der Waals surface area contributed by atoms with Crippen LogP contribution in [0.25, 0.3) is 0 Å². The Bertz CT molecular complexity index is 1910. The summed E-state index contributed by atoms with van der Waals surface area (Å²) in [5.74, 6) is -4.59. The van der Waals surface area contributed by atoms with Gasteiger partial charge >= 0.3 is 26.8 Å². The van der Waals surface area contributed by atoms with Crippen LogP contribution in [0, 0.1) is 17.8 Å². The van der Waals surface area contributed by atoms with E-state index in [0.717, 1.165) is 39.2 Å². The molecule has 4 rings (SSSR count). The summed E-state index contributed by atoms with van der Waals surface area (Å²) in [4.78, 5) is 52.3. The Morgan fingerprint density at radius 3 is 2.07 bits per heavy atom. The van der Waals surface area contributed by atoms with Gasteiger partial charge in [0.25, 0.3) is 5.91 Å². The van der Waals surface area contributed by atoms with E-state index < -0.39 is 156 Å². The maximum absolute atomic E-state index is 14.0. The Balaban J connectivity index is 1.54. The van der Waals surface area contributed by atoms with Gasteiger partial charge in [-0.3, -0.25) is 23.5 Å². The van der Waals surface area contributed by atoms with Gasteiger partial charge < -0.3 is 69.7 Å². The van der Waals surface area contributed by atoms with Crippen LogP contribution in [-0.4, -0.2) is 199 Å². The van der Waals surface area contributed by atoms with E-state index in [0.29, 0.717) is 12.8 Å². The number of ether oxygens (including phenoxy) is 6. The summed E-state index contributed by atoms with van der Waals surface area (Å²) in [7, 11) is -9.55. The third-order valence-electron chi connectivity index (χ3n) is 13.2. The first-order valence-corrected chi connectivity index (χ1v) is 26.3. The van der Waals surface area contributed by atoms with Crippen LogP contribution in [0.4, 0.5) is 0 Å². The number of Topliss-reactive ketones (excluding diaryl/α,β-unsaturated/α-hetero) is 1. The lowest BCUT2D eigenvalue weighted by molar-refractivity contribution is -0.338. The Labute approximate surface area is 407 Å². The molecule has 28 heteroatoms. The average Bonchev–Trinajstić information content (AvgIpc) is 3.28. The zero-order chi connectivity index (χ0) is 52.1. The largest absolute Gasteiger partial charge is 0.479 e. The summed E-state index contributed by atoms with van der Waals surface area (Å²) in [6.07, 6.45) is -15.5. The van der Waals surface area contributed by atoms with Crippen molar-refractivity contribution in [3.63, 3.8) is 0 Å². The molecule has 2 aliphatic carbocycles. The second-order valence-electron chi connectivity index (χ2n) is 18.4. The number of hydrogen-bond acceptors (Lipinski definition) is 21. The zero-order valence-electron chi connectivity index (χ0n) is 39.6. The summed E-state index contributed by atoms with van der Waals surface area (Å²) in [6, 6.07) is -1.38. The highest BCUT2D eigenvalue weighted by atomic mass is 32.3. The van der Waals surface area contributed by atoms with Crippen molar-refractivity contribution in [2.75, 3.05) is 26.9 Å². The van der Waals surface area contributed by atoms with Gasteiger partial charge in [-0.05, 0) is 50.9 Å². The van der Waals surface area contributed by atoms with Crippen molar-refractivity contribution < 1.29 is 113 Å². The molecule has 0 bridgehead atoms. The highest BCUT2D eigenvalue weighted by Crippen LogP contribution is 2.40. The standard InChI is InChI=1S/C42H72N2O24S2/c1-5-24-17-25(26(47)14-10-7-11-15-43-39(52)37(68-70(58,59)60)30(20-61-4)67-69(55,56)57)18-27(36(24)66-42-35(51)34(50)32(48)21(2)62-42)64-41-31(44-22(3)46)38(33(49)29(19-45)65-41)63-28(40(53)54)16-23-12-8-6-9-13-23/h21,23-25,27-38,41-42,45,48-51H,5-20H2,1-4H3,(H,43,52)(H,44,46)(H,53,54)(H,55,56,57)(H,58,59,60)/t21?,24?,25?,27-,28+,29+,30+,31?,32-,33+,34+,35?,36-,37+,38?,41-,42+/m1/s1. The number of carbonyl (C=O) groups excluding carboxylic acids is 3. The highest BCUT2D eigenvalue weighted by molar-refractivity contribution is 7.81. The van der Waals surface area contributed by atoms with Crippen LogP contribution in [0.3, 0.4) is 0 Å². The third kappa shape index (κ3) is 17.8. The second-order valence-corrected chi connectivity index (χ2v) is 20.5. The van der Waals surface area contributed by atoms with Gasteiger partial charge in [0.05, 0.1) is 31.5 Å². The molecule has 0 aromatic heterocycles. The molecule has 2 saturated carbocycles. The molecule has 2 aliphatic heterocycles. The fourth-order valence-electron chi connectivity index (χ4n) is 9.63. The van der Waals surface area contributed by atoms with Crippen LogP contribution >= 0.6 is 0 Å². The van der Waals surface area contributed by atoms with Crippen LogP contribution in [0.15, 0.2) is 0 Å². The normalized spacial score (nSPS) is 33.7. The van der Waals surface area contributed by atoms with Crippen molar-refractivity contribution in [2.45, 2.75) is 196 Å². The Hall–Kier alpha value is -2.62. The monoisotopic (exact) mass is 1050 g/mol. The Kier molecular flexibility index (Phi) is 23.6. The molecule has 2 heterocycles. The van der Waals surface area contributed by atoms with Crippen molar-refractivity contribution in [1.29, 1.82) is 0 Å². The molecule has 10 N–H and O–H groups in total. The lowest BCUT2D eigenvalue weighted by atomic mass is 9.74. The summed E-state index contributed by atoms with van der Waals surface area (Å²) < 4.78 is 108. The first-order chi connectivity index (χ1) is 32.9. The highest BCUT2D eigenvalue weighted by Gasteiger charge is 2.53. The molecule has 2 saturated heterocycles. The average molecular weight is 1050 g/mol. The van der Waals surface area contributed by atoms with E-state index in [4.69, 9.17) is 33.0 Å². The van der Waals surface area contributed by atoms with Crippen molar-refractivity contribution in [3.8, 4) is 0 Å². The van der Waals surface area contributed by atoms with Crippen LogP contribution in [0.2, 0.25) is 0 Å². The van der Waals surface area contributed by atoms with Crippen molar-refractivity contribution in [3.05, 3.63) is 0 Å². The molecule has 4 aliphatic rings. The molecule has 0 radical (unpaired) electrons. The van der Waals surface area contributed by atoms with E-state index in [-0.39, 0.29) is 56.8 Å². The molecule has 406 valence electrons. The SMILES string of the molecule is CCC1CC(C(=O)CCCCCNC(=O)[C@@H](OS(=O)(=O)O)[C@H](COC)OS(=O)(=O)O)C[C@@H](O[C@@H]2O[C@@H](CO)[C@H](O)C(O[C@@H](CC3CCCCC3)C(=O)O)C2NC(C)=O)[C@@H]1O[C@@H]1OC(C)[C@@H](O)[C@H](O)C1O. The maximum Gasteiger partial charge on any atom is 0.398 e. The van der Waals surface area contributed by atoms with Crippen LogP contribution in [0.1, 0.15) is 104 Å². The molecule has 70 heavy (non-hydrogen) atoms. The summed E-state index contributed by atoms with van der Waals surface area (Å²) in [5.41, 5.74) is 0. The predicted molar refractivity (Wildman–Crippen MR) is 237 cm³/mol. The quantitative estimate of drug-likeness (QED) is 0.0337. The number of nitrogens with one attached hydrogen (secondary N) is 2. The van der Waals surface area contributed by atoms with E-state index in [9.17, 15) is 71.2 Å². The van der Waals surface area contributed by atoms with Crippen molar-refractivity contribution >= 4 is 44.4 Å². The molecule has 2 amide bonds. The first kappa shape index (κ1) is 59.9. The fourth-order valence-corrected chi connectivity index (χ4v) is 10.6. The van der Waals surface area contributed by atoms with Crippen LogP contribution in [-0.2, 0) is 76.8 Å².